The number of amides is 1. The van der Waals surface area contributed by atoms with Crippen LogP contribution in [0.15, 0.2) is 23.1 Å². The summed E-state index contributed by atoms with van der Waals surface area (Å²) in [5.74, 6) is 2.83. The van der Waals surface area contributed by atoms with Crippen molar-refractivity contribution in [1.29, 1.82) is 0 Å². The molecule has 1 amide bonds. The Morgan fingerprint density at radius 1 is 1.03 bits per heavy atom. The fourth-order valence-corrected chi connectivity index (χ4v) is 9.21. The summed E-state index contributed by atoms with van der Waals surface area (Å²) in [5, 5.41) is 3.83. The number of hydrogen-bond acceptors (Lipinski definition) is 3. The molecule has 5 nitrogen and oxygen atoms in total. The van der Waals surface area contributed by atoms with Gasteiger partial charge in [-0.1, -0.05) is 23.2 Å². The standard InChI is InChI=1S/C23H30Cl2N2O3S/c24-19-1-2-21(20(25)10-19)31(29,30)27-5-3-15(4-6-27)14-26-22(28)23-11-16-7-17(12-23)9-18(8-16)13-23/h1-2,10,15-18H,3-9,11-14H2,(H,26,28). The van der Waals surface area contributed by atoms with Crippen molar-refractivity contribution in [3.05, 3.63) is 28.2 Å². The molecule has 0 spiro atoms. The van der Waals surface area contributed by atoms with Gasteiger partial charge in [0, 0.05) is 30.1 Å². The van der Waals surface area contributed by atoms with E-state index in [0.717, 1.165) is 49.9 Å². The second-order valence-electron chi connectivity index (χ2n) is 10.3. The van der Waals surface area contributed by atoms with Crippen LogP contribution in [0.2, 0.25) is 10.0 Å². The number of hydrogen-bond donors (Lipinski definition) is 1. The van der Waals surface area contributed by atoms with Gasteiger partial charge < -0.3 is 5.32 Å². The monoisotopic (exact) mass is 484 g/mol. The fraction of sp³-hybridized carbons (Fsp3) is 0.696. The molecule has 6 rings (SSSR count). The quantitative estimate of drug-likeness (QED) is 0.656. The van der Waals surface area contributed by atoms with Crippen LogP contribution < -0.4 is 5.32 Å². The van der Waals surface area contributed by atoms with Crippen LogP contribution in [0, 0.1) is 29.1 Å². The number of halogens is 2. The first kappa shape index (κ1) is 22.0. The summed E-state index contributed by atoms with van der Waals surface area (Å²) in [5.41, 5.74) is -0.121. The Morgan fingerprint density at radius 3 is 2.16 bits per heavy atom. The Morgan fingerprint density at radius 2 is 1.61 bits per heavy atom. The molecular formula is C23H30Cl2N2O3S. The maximum Gasteiger partial charge on any atom is 0.244 e. The number of carbonyl (C=O) groups excluding carboxylic acids is 1. The van der Waals surface area contributed by atoms with Crippen molar-refractivity contribution in [2.45, 2.75) is 56.3 Å². The SMILES string of the molecule is O=C(NCC1CCN(S(=O)(=O)c2ccc(Cl)cc2Cl)CC1)C12CC3CC(CC(C3)C1)C2. The molecule has 5 fully saturated rings. The molecule has 170 valence electrons. The highest BCUT2D eigenvalue weighted by Gasteiger charge is 2.54. The molecule has 8 heteroatoms. The van der Waals surface area contributed by atoms with Gasteiger partial charge in [0.25, 0.3) is 0 Å². The molecule has 1 saturated heterocycles. The number of sulfonamides is 1. The lowest BCUT2D eigenvalue weighted by atomic mass is 9.49. The Hall–Kier alpha value is -0.820. The van der Waals surface area contributed by atoms with E-state index in [1.54, 1.807) is 6.07 Å². The molecule has 0 unspecified atom stereocenters. The molecule has 1 aliphatic heterocycles. The van der Waals surface area contributed by atoms with Crippen LogP contribution in [-0.2, 0) is 14.8 Å². The molecular weight excluding hydrogens is 455 g/mol. The lowest BCUT2D eigenvalue weighted by molar-refractivity contribution is -0.146. The molecule has 0 radical (unpaired) electrons. The number of nitrogens with zero attached hydrogens (tertiary/aromatic N) is 1. The van der Waals surface area contributed by atoms with Gasteiger partial charge in [-0.25, -0.2) is 8.42 Å². The minimum Gasteiger partial charge on any atom is -0.355 e. The Bertz CT molecular complexity index is 938. The lowest BCUT2D eigenvalue weighted by Gasteiger charge is -2.55. The van der Waals surface area contributed by atoms with E-state index in [1.807, 2.05) is 0 Å². The third-order valence-electron chi connectivity index (χ3n) is 8.16. The molecule has 4 bridgehead atoms. The number of rotatable bonds is 5. The minimum absolute atomic E-state index is 0.104. The van der Waals surface area contributed by atoms with E-state index in [1.165, 1.54) is 35.7 Å². The minimum atomic E-state index is -3.64. The van der Waals surface area contributed by atoms with Gasteiger partial charge in [-0.3, -0.25) is 4.79 Å². The molecule has 31 heavy (non-hydrogen) atoms. The van der Waals surface area contributed by atoms with Crippen molar-refractivity contribution >= 4 is 39.1 Å². The number of carbonyl (C=O) groups is 1. The molecule has 4 saturated carbocycles. The summed E-state index contributed by atoms with van der Waals surface area (Å²) in [6.07, 6.45) is 8.69. The average molecular weight is 485 g/mol. The molecule has 1 N–H and O–H groups in total. The van der Waals surface area contributed by atoms with Crippen LogP contribution in [-0.4, -0.2) is 38.3 Å². The molecule has 5 aliphatic rings. The van der Waals surface area contributed by atoms with E-state index < -0.39 is 10.0 Å². The van der Waals surface area contributed by atoms with Crippen LogP contribution in [0.25, 0.3) is 0 Å². The average Bonchev–Trinajstić information content (AvgIpc) is 2.71. The summed E-state index contributed by atoms with van der Waals surface area (Å²) in [7, 11) is -3.64. The number of piperidine rings is 1. The van der Waals surface area contributed by atoms with Gasteiger partial charge in [-0.15, -0.1) is 0 Å². The van der Waals surface area contributed by atoms with Crippen molar-refractivity contribution in [3.63, 3.8) is 0 Å². The van der Waals surface area contributed by atoms with E-state index in [4.69, 9.17) is 23.2 Å². The van der Waals surface area contributed by atoms with Crippen LogP contribution in [0.3, 0.4) is 0 Å². The first-order chi connectivity index (χ1) is 14.7. The van der Waals surface area contributed by atoms with Gasteiger partial charge in [0.2, 0.25) is 15.9 Å². The molecule has 4 aliphatic carbocycles. The van der Waals surface area contributed by atoms with Gasteiger partial charge in [0.15, 0.2) is 0 Å². The van der Waals surface area contributed by atoms with E-state index >= 15 is 0 Å². The van der Waals surface area contributed by atoms with E-state index in [9.17, 15) is 13.2 Å². The Balaban J connectivity index is 1.16. The van der Waals surface area contributed by atoms with Crippen molar-refractivity contribution in [3.8, 4) is 0 Å². The third kappa shape index (κ3) is 4.14. The zero-order valence-electron chi connectivity index (χ0n) is 17.7. The maximum atomic E-state index is 13.2. The number of nitrogens with one attached hydrogen (secondary N) is 1. The highest BCUT2D eigenvalue weighted by atomic mass is 35.5. The second kappa shape index (κ2) is 8.19. The fourth-order valence-electron chi connectivity index (χ4n) is 6.99. The summed E-state index contributed by atoms with van der Waals surface area (Å²) in [6, 6.07) is 4.48. The van der Waals surface area contributed by atoms with Gasteiger partial charge in [0.05, 0.1) is 5.02 Å². The largest absolute Gasteiger partial charge is 0.355 e. The lowest BCUT2D eigenvalue weighted by Crippen LogP contribution is -2.54. The second-order valence-corrected chi connectivity index (χ2v) is 13.1. The third-order valence-corrected chi connectivity index (χ3v) is 10.8. The molecule has 1 heterocycles. The summed E-state index contributed by atoms with van der Waals surface area (Å²) >= 11 is 12.0. The van der Waals surface area contributed by atoms with Crippen molar-refractivity contribution < 1.29 is 13.2 Å². The van der Waals surface area contributed by atoms with Crippen molar-refractivity contribution in [2.24, 2.45) is 29.1 Å². The van der Waals surface area contributed by atoms with Gasteiger partial charge in [-0.2, -0.15) is 4.31 Å². The topological polar surface area (TPSA) is 66.5 Å². The first-order valence-corrected chi connectivity index (χ1v) is 13.7. The van der Waals surface area contributed by atoms with E-state index in [-0.39, 0.29) is 21.2 Å². The van der Waals surface area contributed by atoms with E-state index in [2.05, 4.69) is 5.32 Å². The zero-order chi connectivity index (χ0) is 21.8. The normalized spacial score (nSPS) is 33.5. The summed E-state index contributed by atoms with van der Waals surface area (Å²) in [4.78, 5) is 13.3. The van der Waals surface area contributed by atoms with Crippen LogP contribution in [0.1, 0.15) is 51.4 Å². The first-order valence-electron chi connectivity index (χ1n) is 11.5. The highest BCUT2D eigenvalue weighted by Crippen LogP contribution is 2.60. The van der Waals surface area contributed by atoms with Gasteiger partial charge in [0.1, 0.15) is 4.90 Å². The predicted octanol–water partition coefficient (Wildman–Crippen LogP) is 4.73. The molecule has 1 aromatic carbocycles. The smallest absolute Gasteiger partial charge is 0.244 e. The van der Waals surface area contributed by atoms with Crippen LogP contribution in [0.4, 0.5) is 0 Å². The highest BCUT2D eigenvalue weighted by molar-refractivity contribution is 7.89. The van der Waals surface area contributed by atoms with Crippen LogP contribution in [0.5, 0.6) is 0 Å². The van der Waals surface area contributed by atoms with Gasteiger partial charge >= 0.3 is 0 Å². The van der Waals surface area contributed by atoms with Crippen molar-refractivity contribution in [1.82, 2.24) is 9.62 Å². The molecule has 1 aromatic rings. The zero-order valence-corrected chi connectivity index (χ0v) is 20.0. The van der Waals surface area contributed by atoms with Crippen LogP contribution >= 0.6 is 23.2 Å². The Labute approximate surface area is 194 Å². The van der Waals surface area contributed by atoms with Crippen molar-refractivity contribution in [2.75, 3.05) is 19.6 Å². The number of benzene rings is 1. The molecule has 0 aromatic heterocycles. The predicted molar refractivity (Wildman–Crippen MR) is 122 cm³/mol. The summed E-state index contributed by atoms with van der Waals surface area (Å²) < 4.78 is 27.5. The molecule has 0 atom stereocenters. The van der Waals surface area contributed by atoms with Gasteiger partial charge in [-0.05, 0) is 93.2 Å². The summed E-state index contributed by atoms with van der Waals surface area (Å²) in [6.45, 7) is 1.54. The Kier molecular flexibility index (Phi) is 5.81. The van der Waals surface area contributed by atoms with E-state index in [0.29, 0.717) is 30.6 Å². The maximum absolute atomic E-state index is 13.2.